The zero-order valence-electron chi connectivity index (χ0n) is 13.2. The average Bonchev–Trinajstić information content (AvgIpc) is 2.52. The van der Waals surface area contributed by atoms with Crippen LogP contribution in [0.25, 0.3) is 0 Å². The number of halogens is 1. The van der Waals surface area contributed by atoms with Crippen molar-refractivity contribution in [1.82, 2.24) is 0 Å². The van der Waals surface area contributed by atoms with Gasteiger partial charge in [0.1, 0.15) is 0 Å². The molecular weight excluding hydrogens is 312 g/mol. The van der Waals surface area contributed by atoms with E-state index in [1.165, 1.54) is 0 Å². The van der Waals surface area contributed by atoms with Gasteiger partial charge in [0.2, 0.25) is 5.91 Å². The molecule has 0 radical (unpaired) electrons. The Kier molecular flexibility index (Phi) is 5.77. The van der Waals surface area contributed by atoms with Crippen LogP contribution in [0.3, 0.4) is 0 Å². The molecule has 2 aromatic carbocycles. The predicted octanol–water partition coefficient (Wildman–Crippen LogP) is 4.64. The topological polar surface area (TPSA) is 58.2 Å². The van der Waals surface area contributed by atoms with E-state index in [9.17, 15) is 9.59 Å². The standard InChI is InChI=1S/C18H19ClN2O2/c1-3-4-17(22)20-14-7-9-15(10-8-14)21-18(23)13-6-5-12(2)16(19)11-13/h5-11H,3-4H2,1-2H3,(H,20,22)(H,21,23). The molecule has 0 aliphatic rings. The normalized spacial score (nSPS) is 10.2. The van der Waals surface area contributed by atoms with Gasteiger partial charge in [-0.15, -0.1) is 0 Å². The molecule has 5 heteroatoms. The summed E-state index contributed by atoms with van der Waals surface area (Å²) < 4.78 is 0. The highest BCUT2D eigenvalue weighted by atomic mass is 35.5. The maximum absolute atomic E-state index is 12.2. The van der Waals surface area contributed by atoms with E-state index in [0.717, 1.165) is 12.0 Å². The molecule has 0 atom stereocenters. The second-order valence-electron chi connectivity index (χ2n) is 5.29. The summed E-state index contributed by atoms with van der Waals surface area (Å²) in [5.74, 6) is -0.242. The van der Waals surface area contributed by atoms with Gasteiger partial charge < -0.3 is 10.6 Å². The molecule has 0 saturated heterocycles. The second-order valence-corrected chi connectivity index (χ2v) is 5.70. The van der Waals surface area contributed by atoms with Gasteiger partial charge in [0.15, 0.2) is 0 Å². The van der Waals surface area contributed by atoms with Crippen LogP contribution in [0.1, 0.15) is 35.7 Å². The Hall–Kier alpha value is -2.33. The Balaban J connectivity index is 2.01. The lowest BCUT2D eigenvalue weighted by molar-refractivity contribution is -0.116. The first-order chi connectivity index (χ1) is 11.0. The number of rotatable bonds is 5. The molecule has 23 heavy (non-hydrogen) atoms. The number of amides is 2. The first-order valence-electron chi connectivity index (χ1n) is 7.47. The van der Waals surface area contributed by atoms with Gasteiger partial charge in [-0.2, -0.15) is 0 Å². The maximum atomic E-state index is 12.2. The van der Waals surface area contributed by atoms with Crippen LogP contribution in [0, 0.1) is 6.92 Å². The van der Waals surface area contributed by atoms with Crippen molar-refractivity contribution in [2.45, 2.75) is 26.7 Å². The largest absolute Gasteiger partial charge is 0.326 e. The van der Waals surface area contributed by atoms with Gasteiger partial charge in [-0.25, -0.2) is 0 Å². The molecule has 0 saturated carbocycles. The third-order valence-corrected chi connectivity index (χ3v) is 3.74. The minimum absolute atomic E-state index is 0.0152. The minimum atomic E-state index is -0.227. The lowest BCUT2D eigenvalue weighted by Gasteiger charge is -2.08. The Bertz CT molecular complexity index is 711. The van der Waals surface area contributed by atoms with Gasteiger partial charge in [0.05, 0.1) is 0 Å². The summed E-state index contributed by atoms with van der Waals surface area (Å²) in [4.78, 5) is 23.7. The van der Waals surface area contributed by atoms with Gasteiger partial charge in [0, 0.05) is 28.4 Å². The van der Waals surface area contributed by atoms with Crippen molar-refractivity contribution in [2.24, 2.45) is 0 Å². The highest BCUT2D eigenvalue weighted by Gasteiger charge is 2.08. The summed E-state index contributed by atoms with van der Waals surface area (Å²) in [7, 11) is 0. The van der Waals surface area contributed by atoms with Crippen LogP contribution >= 0.6 is 11.6 Å². The molecule has 120 valence electrons. The van der Waals surface area contributed by atoms with Crippen LogP contribution in [0.5, 0.6) is 0 Å². The fourth-order valence-electron chi connectivity index (χ4n) is 2.02. The number of hydrogen-bond donors (Lipinski definition) is 2. The van der Waals surface area contributed by atoms with Crippen LogP contribution in [-0.4, -0.2) is 11.8 Å². The first-order valence-corrected chi connectivity index (χ1v) is 7.85. The first kappa shape index (κ1) is 17.0. The fraction of sp³-hybridized carbons (Fsp3) is 0.222. The van der Waals surface area contributed by atoms with Crippen LogP contribution < -0.4 is 10.6 Å². The number of aryl methyl sites for hydroxylation is 1. The minimum Gasteiger partial charge on any atom is -0.326 e. The van der Waals surface area contributed by atoms with Gasteiger partial charge in [-0.05, 0) is 55.3 Å². The number of carbonyl (C=O) groups excluding carboxylic acids is 2. The number of anilines is 2. The molecule has 2 N–H and O–H groups in total. The SMILES string of the molecule is CCCC(=O)Nc1ccc(NC(=O)c2ccc(C)c(Cl)c2)cc1. The molecule has 0 aliphatic heterocycles. The molecule has 2 rings (SSSR count). The van der Waals surface area contributed by atoms with Crippen LogP contribution in [0.15, 0.2) is 42.5 Å². The van der Waals surface area contributed by atoms with E-state index in [1.807, 2.05) is 19.9 Å². The van der Waals surface area contributed by atoms with Gasteiger partial charge >= 0.3 is 0 Å². The highest BCUT2D eigenvalue weighted by molar-refractivity contribution is 6.31. The molecule has 0 unspecified atom stereocenters. The maximum Gasteiger partial charge on any atom is 0.255 e. The number of carbonyl (C=O) groups is 2. The summed E-state index contributed by atoms with van der Waals surface area (Å²) in [6.45, 7) is 3.84. The van der Waals surface area contributed by atoms with Crippen molar-refractivity contribution in [3.8, 4) is 0 Å². The Labute approximate surface area is 140 Å². The third-order valence-electron chi connectivity index (χ3n) is 3.34. The zero-order valence-corrected chi connectivity index (χ0v) is 13.9. The van der Waals surface area contributed by atoms with Crippen LogP contribution in [0.4, 0.5) is 11.4 Å². The van der Waals surface area contributed by atoms with Gasteiger partial charge in [0.25, 0.3) is 5.91 Å². The molecule has 0 aromatic heterocycles. The summed E-state index contributed by atoms with van der Waals surface area (Å²) in [6.07, 6.45) is 1.30. The Morgan fingerprint density at radius 3 is 2.17 bits per heavy atom. The monoisotopic (exact) mass is 330 g/mol. The lowest BCUT2D eigenvalue weighted by Crippen LogP contribution is -2.13. The molecule has 2 aromatic rings. The molecule has 0 fully saturated rings. The summed E-state index contributed by atoms with van der Waals surface area (Å²) in [6, 6.07) is 12.2. The molecule has 0 aliphatic carbocycles. The van der Waals surface area contributed by atoms with Crippen molar-refractivity contribution < 1.29 is 9.59 Å². The molecular formula is C18H19ClN2O2. The lowest BCUT2D eigenvalue weighted by atomic mass is 10.1. The van der Waals surface area contributed by atoms with E-state index in [-0.39, 0.29) is 11.8 Å². The molecule has 2 amide bonds. The molecule has 4 nitrogen and oxygen atoms in total. The summed E-state index contributed by atoms with van der Waals surface area (Å²) >= 11 is 6.04. The summed E-state index contributed by atoms with van der Waals surface area (Å²) in [5.41, 5.74) is 2.79. The van der Waals surface area contributed by atoms with Crippen molar-refractivity contribution >= 4 is 34.8 Å². The van der Waals surface area contributed by atoms with E-state index in [0.29, 0.717) is 28.4 Å². The smallest absolute Gasteiger partial charge is 0.255 e. The zero-order chi connectivity index (χ0) is 16.8. The van der Waals surface area contributed by atoms with E-state index in [4.69, 9.17) is 11.6 Å². The van der Waals surface area contributed by atoms with E-state index in [2.05, 4.69) is 10.6 Å². The second kappa shape index (κ2) is 7.79. The van der Waals surface area contributed by atoms with Crippen molar-refractivity contribution in [3.63, 3.8) is 0 Å². The number of benzene rings is 2. The van der Waals surface area contributed by atoms with E-state index in [1.54, 1.807) is 36.4 Å². The number of nitrogens with one attached hydrogen (secondary N) is 2. The van der Waals surface area contributed by atoms with Crippen LogP contribution in [0.2, 0.25) is 5.02 Å². The van der Waals surface area contributed by atoms with Crippen molar-refractivity contribution in [1.29, 1.82) is 0 Å². The number of hydrogen-bond acceptors (Lipinski definition) is 2. The summed E-state index contributed by atoms with van der Waals surface area (Å²) in [5, 5.41) is 6.16. The van der Waals surface area contributed by atoms with E-state index < -0.39 is 0 Å². The molecule has 0 spiro atoms. The van der Waals surface area contributed by atoms with E-state index >= 15 is 0 Å². The van der Waals surface area contributed by atoms with Gasteiger partial charge in [-0.1, -0.05) is 24.6 Å². The predicted molar refractivity (Wildman–Crippen MR) is 94.1 cm³/mol. The van der Waals surface area contributed by atoms with Gasteiger partial charge in [-0.3, -0.25) is 9.59 Å². The van der Waals surface area contributed by atoms with Crippen LogP contribution in [-0.2, 0) is 4.79 Å². The quantitative estimate of drug-likeness (QED) is 0.839. The molecule has 0 heterocycles. The fourth-order valence-corrected chi connectivity index (χ4v) is 2.21. The van der Waals surface area contributed by atoms with Crippen molar-refractivity contribution in [2.75, 3.05) is 10.6 Å². The molecule has 0 bridgehead atoms. The average molecular weight is 331 g/mol. The van der Waals surface area contributed by atoms with Crippen molar-refractivity contribution in [3.05, 3.63) is 58.6 Å². The Morgan fingerprint density at radius 2 is 1.61 bits per heavy atom. The Morgan fingerprint density at radius 1 is 1.00 bits per heavy atom. The third kappa shape index (κ3) is 4.83. The highest BCUT2D eigenvalue weighted by Crippen LogP contribution is 2.19.